The van der Waals surface area contributed by atoms with Crippen LogP contribution in [0.1, 0.15) is 31.4 Å². The molecule has 5 nitrogen and oxygen atoms in total. The van der Waals surface area contributed by atoms with Crippen LogP contribution in [0.15, 0.2) is 26.6 Å². The van der Waals surface area contributed by atoms with Crippen molar-refractivity contribution in [3.63, 3.8) is 0 Å². The fourth-order valence-corrected chi connectivity index (χ4v) is 3.30. The van der Waals surface area contributed by atoms with Crippen LogP contribution in [0.25, 0.3) is 0 Å². The Hall–Kier alpha value is -1.56. The molecule has 0 saturated heterocycles. The zero-order valence-electron chi connectivity index (χ0n) is 15.6. The van der Waals surface area contributed by atoms with E-state index in [-0.39, 0.29) is 6.04 Å². The third kappa shape index (κ3) is 4.97. The first-order chi connectivity index (χ1) is 12.0. The van der Waals surface area contributed by atoms with Crippen LogP contribution in [0.5, 0.6) is 5.75 Å². The van der Waals surface area contributed by atoms with Crippen molar-refractivity contribution < 1.29 is 14.2 Å². The van der Waals surface area contributed by atoms with Gasteiger partial charge in [0, 0.05) is 0 Å². The highest BCUT2D eigenvalue weighted by molar-refractivity contribution is 9.10. The number of rotatable bonds is 1. The Morgan fingerprint density at radius 2 is 2.00 bits per heavy atom. The topological polar surface area (TPSA) is 52.4 Å². The molecule has 1 aromatic carbocycles. The van der Waals surface area contributed by atoms with Crippen molar-refractivity contribution in [2.75, 3.05) is 27.4 Å². The Bertz CT molecular complexity index is 625. The van der Waals surface area contributed by atoms with Crippen LogP contribution in [0.2, 0.25) is 0 Å². The van der Waals surface area contributed by atoms with Crippen LogP contribution in [0, 0.1) is 12.8 Å². The second-order valence-corrected chi connectivity index (χ2v) is 7.25. The lowest BCUT2D eigenvalue weighted by Gasteiger charge is -2.22. The van der Waals surface area contributed by atoms with E-state index in [1.165, 1.54) is 11.1 Å². The number of hydrogen-bond acceptors (Lipinski definition) is 5. The molecule has 0 spiro atoms. The van der Waals surface area contributed by atoms with Gasteiger partial charge >= 0.3 is 0 Å². The van der Waals surface area contributed by atoms with Gasteiger partial charge < -0.3 is 14.2 Å². The molecular formula is C19H27BrN2O3. The lowest BCUT2D eigenvalue weighted by atomic mass is 10.0. The molecule has 2 heterocycles. The van der Waals surface area contributed by atoms with Crippen molar-refractivity contribution in [3.05, 3.63) is 27.7 Å². The Labute approximate surface area is 158 Å². The van der Waals surface area contributed by atoms with Crippen LogP contribution in [0.4, 0.5) is 0 Å². The molecule has 0 radical (unpaired) electrons. The number of benzene rings is 1. The number of aryl methyl sites for hydroxylation is 1. The maximum atomic E-state index is 5.59. The van der Waals surface area contributed by atoms with E-state index in [1.807, 2.05) is 0 Å². The molecule has 0 N–H and O–H groups in total. The van der Waals surface area contributed by atoms with Crippen LogP contribution < -0.4 is 4.74 Å². The zero-order valence-corrected chi connectivity index (χ0v) is 17.2. The highest BCUT2D eigenvalue weighted by Crippen LogP contribution is 2.34. The summed E-state index contributed by atoms with van der Waals surface area (Å²) < 4.78 is 16.9. The standard InChI is InChI=1S/C10H11BrO.C9H16N2O2/c1-7-4-5-9(11)10-8(7)3-2-6-12-10;1-6(2)8-9(13-4)10-5-7(11-8)12-3/h4-5H,2-3,6H2,1H3;6,8H,5H2,1-4H3. The lowest BCUT2D eigenvalue weighted by Crippen LogP contribution is -2.32. The molecule has 0 aromatic heterocycles. The Balaban J connectivity index is 0.000000181. The smallest absolute Gasteiger partial charge is 0.209 e. The van der Waals surface area contributed by atoms with Crippen molar-refractivity contribution in [2.45, 2.75) is 39.7 Å². The fourth-order valence-electron chi connectivity index (χ4n) is 2.81. The summed E-state index contributed by atoms with van der Waals surface area (Å²) in [6.45, 7) is 7.65. The van der Waals surface area contributed by atoms with Gasteiger partial charge in [0.15, 0.2) is 0 Å². The van der Waals surface area contributed by atoms with Crippen molar-refractivity contribution >= 4 is 27.7 Å². The average molecular weight is 411 g/mol. The molecule has 1 aromatic rings. The van der Waals surface area contributed by atoms with Gasteiger partial charge in [0.25, 0.3) is 0 Å². The Morgan fingerprint density at radius 1 is 1.24 bits per heavy atom. The number of aliphatic imine (C=N–C) groups is 2. The molecule has 0 saturated carbocycles. The molecule has 3 rings (SSSR count). The molecule has 25 heavy (non-hydrogen) atoms. The number of halogens is 1. The minimum Gasteiger partial charge on any atom is -0.492 e. The molecule has 2 aliphatic rings. The van der Waals surface area contributed by atoms with Gasteiger partial charge in [0.2, 0.25) is 11.8 Å². The molecule has 1 atom stereocenters. The van der Waals surface area contributed by atoms with Gasteiger partial charge in [-0.3, -0.25) is 0 Å². The molecule has 0 aliphatic carbocycles. The summed E-state index contributed by atoms with van der Waals surface area (Å²) in [5.74, 6) is 2.82. The van der Waals surface area contributed by atoms with Crippen LogP contribution >= 0.6 is 15.9 Å². The first-order valence-electron chi connectivity index (χ1n) is 8.57. The van der Waals surface area contributed by atoms with Crippen molar-refractivity contribution in [1.29, 1.82) is 0 Å². The van der Waals surface area contributed by atoms with E-state index < -0.39 is 0 Å². The number of nitrogens with zero attached hydrogens (tertiary/aromatic N) is 2. The highest BCUT2D eigenvalue weighted by atomic mass is 79.9. The third-order valence-corrected chi connectivity index (χ3v) is 4.87. The van der Waals surface area contributed by atoms with Gasteiger partial charge in [-0.1, -0.05) is 19.9 Å². The molecule has 1 unspecified atom stereocenters. The maximum absolute atomic E-state index is 5.59. The monoisotopic (exact) mass is 410 g/mol. The molecule has 0 bridgehead atoms. The summed E-state index contributed by atoms with van der Waals surface area (Å²) >= 11 is 3.49. The van der Waals surface area contributed by atoms with Crippen molar-refractivity contribution in [2.24, 2.45) is 15.9 Å². The average Bonchev–Trinajstić information content (AvgIpc) is 2.65. The van der Waals surface area contributed by atoms with E-state index in [2.05, 4.69) is 58.8 Å². The Morgan fingerprint density at radius 3 is 2.60 bits per heavy atom. The minimum atomic E-state index is 0.00806. The zero-order chi connectivity index (χ0) is 18.4. The summed E-state index contributed by atoms with van der Waals surface area (Å²) in [5, 5.41) is 0. The second-order valence-electron chi connectivity index (χ2n) is 6.40. The summed E-state index contributed by atoms with van der Waals surface area (Å²) in [6.07, 6.45) is 2.30. The van der Waals surface area contributed by atoms with E-state index in [1.54, 1.807) is 14.2 Å². The van der Waals surface area contributed by atoms with E-state index in [9.17, 15) is 0 Å². The van der Waals surface area contributed by atoms with Gasteiger partial charge in [-0.2, -0.15) is 0 Å². The molecule has 0 fully saturated rings. The van der Waals surface area contributed by atoms with E-state index >= 15 is 0 Å². The maximum Gasteiger partial charge on any atom is 0.209 e. The molecule has 2 aliphatic heterocycles. The number of methoxy groups -OCH3 is 2. The lowest BCUT2D eigenvalue weighted by molar-refractivity contribution is 0.286. The van der Waals surface area contributed by atoms with Crippen LogP contribution in [-0.4, -0.2) is 45.2 Å². The molecule has 6 heteroatoms. The first-order valence-corrected chi connectivity index (χ1v) is 9.37. The number of fused-ring (bicyclic) bond motifs is 1. The van der Waals surface area contributed by atoms with Gasteiger partial charge in [-0.15, -0.1) is 0 Å². The molecular weight excluding hydrogens is 384 g/mol. The number of ether oxygens (including phenoxy) is 3. The van der Waals surface area contributed by atoms with Crippen LogP contribution in [-0.2, 0) is 15.9 Å². The van der Waals surface area contributed by atoms with Crippen molar-refractivity contribution in [3.8, 4) is 5.75 Å². The highest BCUT2D eigenvalue weighted by Gasteiger charge is 2.24. The van der Waals surface area contributed by atoms with Crippen LogP contribution in [0.3, 0.4) is 0 Å². The molecule has 138 valence electrons. The predicted molar refractivity (Wildman–Crippen MR) is 105 cm³/mol. The van der Waals surface area contributed by atoms with E-state index in [4.69, 9.17) is 14.2 Å². The van der Waals surface area contributed by atoms with E-state index in [0.29, 0.717) is 24.3 Å². The van der Waals surface area contributed by atoms with Crippen molar-refractivity contribution in [1.82, 2.24) is 0 Å². The van der Waals surface area contributed by atoms with E-state index in [0.717, 1.165) is 29.7 Å². The van der Waals surface area contributed by atoms with Gasteiger partial charge in [-0.25, -0.2) is 9.98 Å². The normalized spacial score (nSPS) is 18.9. The quantitative estimate of drug-likeness (QED) is 0.696. The third-order valence-electron chi connectivity index (χ3n) is 4.25. The summed E-state index contributed by atoms with van der Waals surface area (Å²) in [7, 11) is 3.24. The first kappa shape index (κ1) is 19.8. The summed E-state index contributed by atoms with van der Waals surface area (Å²) in [4.78, 5) is 8.63. The van der Waals surface area contributed by atoms with Gasteiger partial charge in [-0.05, 0) is 58.8 Å². The second kappa shape index (κ2) is 9.22. The molecule has 0 amide bonds. The Kier molecular flexibility index (Phi) is 7.29. The fraction of sp³-hybridized carbons (Fsp3) is 0.579. The summed E-state index contributed by atoms with van der Waals surface area (Å²) in [6, 6.07) is 4.20. The van der Waals surface area contributed by atoms with Gasteiger partial charge in [0.05, 0.1) is 25.3 Å². The SMILES string of the molecule is COC1=NC(C(C)C)C(OC)=NC1.Cc1ccc(Br)c2c1CCCO2. The summed E-state index contributed by atoms with van der Waals surface area (Å²) in [5.41, 5.74) is 2.71. The largest absolute Gasteiger partial charge is 0.492 e. The number of hydrogen-bond donors (Lipinski definition) is 0. The van der Waals surface area contributed by atoms with Gasteiger partial charge in [0.1, 0.15) is 18.3 Å². The minimum absolute atomic E-state index is 0.00806. The predicted octanol–water partition coefficient (Wildman–Crippen LogP) is 4.20.